The third kappa shape index (κ3) is 3.77. The molecule has 0 aromatic heterocycles. The zero-order valence-electron chi connectivity index (χ0n) is 12.6. The number of hydrogen-bond acceptors (Lipinski definition) is 2. The molecule has 0 saturated heterocycles. The number of rotatable bonds is 6. The molecule has 0 radical (unpaired) electrons. The van der Waals surface area contributed by atoms with E-state index in [0.717, 1.165) is 18.8 Å². The van der Waals surface area contributed by atoms with Gasteiger partial charge >= 0.3 is 0 Å². The van der Waals surface area contributed by atoms with E-state index in [9.17, 15) is 0 Å². The Balaban J connectivity index is 1.89. The highest BCUT2D eigenvalue weighted by Gasteiger charge is 2.04. The van der Waals surface area contributed by atoms with Crippen molar-refractivity contribution in [3.8, 4) is 5.75 Å². The molecule has 0 fully saturated rings. The molecule has 2 aromatic rings. The van der Waals surface area contributed by atoms with Crippen LogP contribution in [0.4, 0.5) is 5.69 Å². The fraction of sp³-hybridized carbons (Fsp3) is 0.333. The van der Waals surface area contributed by atoms with Crippen LogP contribution in [0.3, 0.4) is 0 Å². The summed E-state index contributed by atoms with van der Waals surface area (Å²) in [6.45, 7) is 8.99. The van der Waals surface area contributed by atoms with Crippen molar-refractivity contribution in [1.82, 2.24) is 0 Å². The van der Waals surface area contributed by atoms with Crippen molar-refractivity contribution < 1.29 is 4.74 Å². The first-order valence-electron chi connectivity index (χ1n) is 7.20. The number of para-hydroxylation sites is 1. The Bertz CT molecular complexity index is 536. The van der Waals surface area contributed by atoms with Crippen LogP contribution in [0.5, 0.6) is 5.75 Å². The highest BCUT2D eigenvalue weighted by atomic mass is 16.5. The fourth-order valence-corrected chi connectivity index (χ4v) is 2.19. The second kappa shape index (κ2) is 6.99. The van der Waals surface area contributed by atoms with E-state index in [2.05, 4.69) is 62.1 Å². The first kappa shape index (κ1) is 14.4. The summed E-state index contributed by atoms with van der Waals surface area (Å²) in [4.78, 5) is 2.32. The van der Waals surface area contributed by atoms with E-state index in [4.69, 9.17) is 4.74 Å². The SMILES string of the molecule is CCN(CCOc1ccc(C)c(C)c1)c1ccccc1. The number of anilines is 1. The second-order valence-electron chi connectivity index (χ2n) is 5.01. The number of hydrogen-bond donors (Lipinski definition) is 0. The first-order chi connectivity index (χ1) is 9.70. The van der Waals surface area contributed by atoms with Gasteiger partial charge in [-0.05, 0) is 56.2 Å². The lowest BCUT2D eigenvalue weighted by molar-refractivity contribution is 0.324. The predicted molar refractivity (Wildman–Crippen MR) is 85.7 cm³/mol. The maximum Gasteiger partial charge on any atom is 0.119 e. The van der Waals surface area contributed by atoms with Gasteiger partial charge in [-0.15, -0.1) is 0 Å². The van der Waals surface area contributed by atoms with Gasteiger partial charge in [-0.25, -0.2) is 0 Å². The van der Waals surface area contributed by atoms with Crippen molar-refractivity contribution in [1.29, 1.82) is 0 Å². The average molecular weight is 269 g/mol. The lowest BCUT2D eigenvalue weighted by Gasteiger charge is -2.23. The zero-order chi connectivity index (χ0) is 14.4. The third-order valence-electron chi connectivity index (χ3n) is 3.61. The summed E-state index contributed by atoms with van der Waals surface area (Å²) in [6.07, 6.45) is 0. The van der Waals surface area contributed by atoms with Crippen molar-refractivity contribution in [2.24, 2.45) is 0 Å². The molecule has 2 nitrogen and oxygen atoms in total. The molecule has 20 heavy (non-hydrogen) atoms. The normalized spacial score (nSPS) is 10.3. The molecule has 0 heterocycles. The Morgan fingerprint density at radius 2 is 1.70 bits per heavy atom. The van der Waals surface area contributed by atoms with Gasteiger partial charge in [0.05, 0.1) is 6.54 Å². The summed E-state index contributed by atoms with van der Waals surface area (Å²) in [5.74, 6) is 0.956. The minimum Gasteiger partial charge on any atom is -0.492 e. The highest BCUT2D eigenvalue weighted by Crippen LogP contribution is 2.17. The Hall–Kier alpha value is -1.96. The van der Waals surface area contributed by atoms with Gasteiger partial charge in [-0.2, -0.15) is 0 Å². The average Bonchev–Trinajstić information content (AvgIpc) is 2.48. The second-order valence-corrected chi connectivity index (χ2v) is 5.01. The third-order valence-corrected chi connectivity index (χ3v) is 3.61. The maximum atomic E-state index is 5.85. The van der Waals surface area contributed by atoms with Gasteiger partial charge in [-0.3, -0.25) is 0 Å². The molecule has 0 saturated carbocycles. The number of likely N-dealkylation sites (N-methyl/N-ethyl adjacent to an activating group) is 1. The Kier molecular flexibility index (Phi) is 5.05. The van der Waals surface area contributed by atoms with Crippen LogP contribution in [0.25, 0.3) is 0 Å². The molecule has 0 atom stereocenters. The molecule has 2 heteroatoms. The number of ether oxygens (including phenoxy) is 1. The molecular formula is C18H23NO. The standard InChI is InChI=1S/C18H23NO/c1-4-19(17-8-6-5-7-9-17)12-13-20-18-11-10-15(2)16(3)14-18/h5-11,14H,4,12-13H2,1-3H3. The monoisotopic (exact) mass is 269 g/mol. The van der Waals surface area contributed by atoms with Crippen LogP contribution in [0, 0.1) is 13.8 Å². The molecule has 106 valence electrons. The number of aryl methyl sites for hydroxylation is 2. The van der Waals surface area contributed by atoms with Crippen molar-refractivity contribution in [3.05, 3.63) is 59.7 Å². The van der Waals surface area contributed by atoms with Gasteiger partial charge in [0, 0.05) is 12.2 Å². The van der Waals surface area contributed by atoms with Gasteiger partial charge in [0.15, 0.2) is 0 Å². The van der Waals surface area contributed by atoms with E-state index in [1.165, 1.54) is 16.8 Å². The van der Waals surface area contributed by atoms with Crippen LogP contribution in [0.1, 0.15) is 18.1 Å². The van der Waals surface area contributed by atoms with E-state index >= 15 is 0 Å². The lowest BCUT2D eigenvalue weighted by atomic mass is 10.1. The van der Waals surface area contributed by atoms with Crippen LogP contribution in [0.15, 0.2) is 48.5 Å². The molecule has 0 unspecified atom stereocenters. The van der Waals surface area contributed by atoms with Crippen LogP contribution < -0.4 is 9.64 Å². The summed E-state index contributed by atoms with van der Waals surface area (Å²) >= 11 is 0. The van der Waals surface area contributed by atoms with Crippen LogP contribution >= 0.6 is 0 Å². The van der Waals surface area contributed by atoms with E-state index in [1.54, 1.807) is 0 Å². The maximum absolute atomic E-state index is 5.85. The van der Waals surface area contributed by atoms with E-state index < -0.39 is 0 Å². The first-order valence-corrected chi connectivity index (χ1v) is 7.20. The molecule has 0 aliphatic rings. The Morgan fingerprint density at radius 1 is 0.950 bits per heavy atom. The van der Waals surface area contributed by atoms with E-state index in [-0.39, 0.29) is 0 Å². The van der Waals surface area contributed by atoms with E-state index in [1.807, 2.05) is 12.1 Å². The van der Waals surface area contributed by atoms with Crippen molar-refractivity contribution in [2.75, 3.05) is 24.6 Å². The largest absolute Gasteiger partial charge is 0.492 e. The van der Waals surface area contributed by atoms with Gasteiger partial charge in [0.25, 0.3) is 0 Å². The molecule has 0 N–H and O–H groups in total. The summed E-state index contributed by atoms with van der Waals surface area (Å²) < 4.78 is 5.85. The highest BCUT2D eigenvalue weighted by molar-refractivity contribution is 5.45. The van der Waals surface area contributed by atoms with Crippen molar-refractivity contribution in [3.63, 3.8) is 0 Å². The summed E-state index contributed by atoms with van der Waals surface area (Å²) in [5, 5.41) is 0. The lowest BCUT2D eigenvalue weighted by Crippen LogP contribution is -2.27. The molecule has 0 aliphatic heterocycles. The smallest absolute Gasteiger partial charge is 0.119 e. The molecule has 0 spiro atoms. The minimum atomic E-state index is 0.700. The van der Waals surface area contributed by atoms with Gasteiger partial charge in [0.1, 0.15) is 12.4 Å². The molecule has 0 aliphatic carbocycles. The molecule has 2 aromatic carbocycles. The summed E-state index contributed by atoms with van der Waals surface area (Å²) in [6, 6.07) is 16.7. The van der Waals surface area contributed by atoms with Gasteiger partial charge in [-0.1, -0.05) is 24.3 Å². The molecule has 0 amide bonds. The summed E-state index contributed by atoms with van der Waals surface area (Å²) in [5.41, 5.74) is 3.83. The molecule has 0 bridgehead atoms. The molecule has 2 rings (SSSR count). The van der Waals surface area contributed by atoms with Crippen LogP contribution in [-0.4, -0.2) is 19.7 Å². The van der Waals surface area contributed by atoms with Crippen LogP contribution in [0.2, 0.25) is 0 Å². The van der Waals surface area contributed by atoms with E-state index in [0.29, 0.717) is 6.61 Å². The van der Waals surface area contributed by atoms with Gasteiger partial charge < -0.3 is 9.64 Å². The Morgan fingerprint density at radius 3 is 2.35 bits per heavy atom. The molecular weight excluding hydrogens is 246 g/mol. The van der Waals surface area contributed by atoms with Crippen molar-refractivity contribution >= 4 is 5.69 Å². The Labute approximate surface area is 122 Å². The predicted octanol–water partition coefficient (Wildman–Crippen LogP) is 4.21. The minimum absolute atomic E-state index is 0.700. The van der Waals surface area contributed by atoms with Crippen LogP contribution in [-0.2, 0) is 0 Å². The zero-order valence-corrected chi connectivity index (χ0v) is 12.6. The summed E-state index contributed by atoms with van der Waals surface area (Å²) in [7, 11) is 0. The van der Waals surface area contributed by atoms with Gasteiger partial charge in [0.2, 0.25) is 0 Å². The van der Waals surface area contributed by atoms with Crippen molar-refractivity contribution in [2.45, 2.75) is 20.8 Å². The fourth-order valence-electron chi connectivity index (χ4n) is 2.19. The number of benzene rings is 2. The topological polar surface area (TPSA) is 12.5 Å². The quantitative estimate of drug-likeness (QED) is 0.779. The number of nitrogens with zero attached hydrogens (tertiary/aromatic N) is 1.